The van der Waals surface area contributed by atoms with Crippen molar-refractivity contribution >= 4 is 60.7 Å². The highest BCUT2D eigenvalue weighted by atomic mass is 35.5. The van der Waals surface area contributed by atoms with Crippen molar-refractivity contribution in [3.05, 3.63) is 72.3 Å². The number of amides is 1. The largest absolute Gasteiger partial charge is 0.486 e. The van der Waals surface area contributed by atoms with Crippen molar-refractivity contribution in [2.24, 2.45) is 0 Å². The fourth-order valence-electron chi connectivity index (χ4n) is 4.49. The van der Waals surface area contributed by atoms with Gasteiger partial charge >= 0.3 is 0 Å². The van der Waals surface area contributed by atoms with Crippen LogP contribution in [0.25, 0.3) is 10.2 Å². The number of anilines is 2. The average molecular weight is 617 g/mol. The van der Waals surface area contributed by atoms with Crippen LogP contribution in [0.3, 0.4) is 0 Å². The lowest BCUT2D eigenvalue weighted by Gasteiger charge is -2.25. The van der Waals surface area contributed by atoms with Gasteiger partial charge in [0, 0.05) is 37.8 Å². The summed E-state index contributed by atoms with van der Waals surface area (Å²) in [5.41, 5.74) is 1.67. The zero-order valence-electron chi connectivity index (χ0n) is 23.1. The van der Waals surface area contributed by atoms with Crippen LogP contribution in [-0.2, 0) is 10.0 Å². The Hall–Kier alpha value is -3.38. The molecule has 1 aromatic heterocycles. The second kappa shape index (κ2) is 13.1. The van der Waals surface area contributed by atoms with Crippen LogP contribution in [0.1, 0.15) is 24.2 Å². The Labute approximate surface area is 250 Å². The molecule has 12 heteroatoms. The fourth-order valence-corrected chi connectivity index (χ4v) is 6.69. The van der Waals surface area contributed by atoms with E-state index in [0.717, 1.165) is 23.3 Å². The Morgan fingerprint density at radius 3 is 2.20 bits per heavy atom. The normalized spacial score (nSPS) is 12.7. The second-order valence-electron chi connectivity index (χ2n) is 9.28. The number of sulfonamides is 1. The minimum Gasteiger partial charge on any atom is -0.486 e. The van der Waals surface area contributed by atoms with Gasteiger partial charge in [-0.15, -0.1) is 12.4 Å². The molecule has 0 fully saturated rings. The molecule has 0 unspecified atom stereocenters. The summed E-state index contributed by atoms with van der Waals surface area (Å²) in [7, 11) is -2.28. The predicted molar refractivity (Wildman–Crippen MR) is 166 cm³/mol. The smallest absolute Gasteiger partial charge is 0.264 e. The van der Waals surface area contributed by atoms with Crippen LogP contribution in [0, 0.1) is 0 Å². The Balaban J connectivity index is 0.00000387. The third-order valence-electron chi connectivity index (χ3n) is 6.93. The third-order valence-corrected chi connectivity index (χ3v) is 9.77. The number of fused-ring (bicyclic) bond motifs is 2. The second-order valence-corrected chi connectivity index (χ2v) is 12.3. The molecule has 0 saturated heterocycles. The molecule has 1 aliphatic rings. The van der Waals surface area contributed by atoms with Gasteiger partial charge in [0.15, 0.2) is 16.6 Å². The molecule has 1 amide bonds. The zero-order valence-corrected chi connectivity index (χ0v) is 25.6. The van der Waals surface area contributed by atoms with E-state index in [-0.39, 0.29) is 23.2 Å². The van der Waals surface area contributed by atoms with Crippen molar-refractivity contribution in [2.75, 3.05) is 55.6 Å². The highest BCUT2D eigenvalue weighted by Gasteiger charge is 2.25. The van der Waals surface area contributed by atoms with E-state index in [9.17, 15) is 13.2 Å². The minimum absolute atomic E-state index is 0. The predicted octanol–water partition coefficient (Wildman–Crippen LogP) is 5.30. The Bertz CT molecular complexity index is 1550. The van der Waals surface area contributed by atoms with Gasteiger partial charge in [-0.2, -0.15) is 0 Å². The quantitative estimate of drug-likeness (QED) is 0.239. The number of para-hydroxylation sites is 1. The molecule has 41 heavy (non-hydrogen) atoms. The van der Waals surface area contributed by atoms with E-state index in [1.807, 2.05) is 18.2 Å². The SMILES string of the molecule is CCN(CC)CCN(C(=O)c1ccc(S(=O)(=O)N(C)c2ccccc2)cc1)c1nc2cc3c(cc2s1)OCCO3.Cl. The summed E-state index contributed by atoms with van der Waals surface area (Å²) in [4.78, 5) is 22.6. The Morgan fingerprint density at radius 1 is 0.927 bits per heavy atom. The van der Waals surface area contributed by atoms with E-state index in [1.54, 1.807) is 41.3 Å². The Kier molecular flexibility index (Phi) is 9.75. The summed E-state index contributed by atoms with van der Waals surface area (Å²) in [6.07, 6.45) is 0. The van der Waals surface area contributed by atoms with Gasteiger partial charge < -0.3 is 14.4 Å². The first-order valence-electron chi connectivity index (χ1n) is 13.2. The highest BCUT2D eigenvalue weighted by Crippen LogP contribution is 2.39. The van der Waals surface area contributed by atoms with Crippen LogP contribution in [-0.4, -0.2) is 70.6 Å². The number of hydrogen-bond acceptors (Lipinski definition) is 8. The fraction of sp³-hybridized carbons (Fsp3) is 0.310. The van der Waals surface area contributed by atoms with Gasteiger partial charge in [0.1, 0.15) is 13.2 Å². The van der Waals surface area contributed by atoms with E-state index < -0.39 is 10.0 Å². The standard InChI is InChI=1S/C29H32N4O5S2.ClH/c1-4-32(5-2)15-16-33(29-30-24-19-25-26(20-27(24)39-29)38-18-17-37-25)28(34)21-11-13-23(14-12-21)40(35,36)31(3)22-9-7-6-8-10-22;/h6-14,19-20H,4-5,15-18H2,1-3H3;1H. The van der Waals surface area contributed by atoms with E-state index >= 15 is 0 Å². The lowest BCUT2D eigenvalue weighted by Crippen LogP contribution is -2.38. The van der Waals surface area contributed by atoms with Gasteiger partial charge in [0.25, 0.3) is 15.9 Å². The minimum atomic E-state index is -3.79. The van der Waals surface area contributed by atoms with Crippen LogP contribution >= 0.6 is 23.7 Å². The molecule has 5 rings (SSSR count). The van der Waals surface area contributed by atoms with Crippen molar-refractivity contribution in [1.29, 1.82) is 0 Å². The highest BCUT2D eigenvalue weighted by molar-refractivity contribution is 7.92. The molecule has 2 heterocycles. The van der Waals surface area contributed by atoms with Gasteiger partial charge in [0.2, 0.25) is 0 Å². The van der Waals surface area contributed by atoms with Crippen LogP contribution < -0.4 is 18.7 Å². The summed E-state index contributed by atoms with van der Waals surface area (Å²) in [6.45, 7) is 7.98. The number of halogens is 1. The first-order valence-corrected chi connectivity index (χ1v) is 15.5. The van der Waals surface area contributed by atoms with Gasteiger partial charge in [-0.25, -0.2) is 13.4 Å². The maximum absolute atomic E-state index is 13.8. The topological polar surface area (TPSA) is 92.3 Å². The van der Waals surface area contributed by atoms with Gasteiger partial charge in [0.05, 0.1) is 20.8 Å². The number of rotatable bonds is 10. The molecular weight excluding hydrogens is 584 g/mol. The van der Waals surface area contributed by atoms with Crippen molar-refractivity contribution < 1.29 is 22.7 Å². The van der Waals surface area contributed by atoms with E-state index in [0.29, 0.717) is 54.2 Å². The van der Waals surface area contributed by atoms with E-state index in [1.165, 1.54) is 34.8 Å². The number of nitrogens with zero attached hydrogens (tertiary/aromatic N) is 4. The summed E-state index contributed by atoms with van der Waals surface area (Å²) in [6, 6.07) is 18.7. The molecule has 0 atom stereocenters. The molecule has 0 bridgehead atoms. The number of benzene rings is 3. The van der Waals surface area contributed by atoms with E-state index in [4.69, 9.17) is 14.5 Å². The number of carbonyl (C=O) groups excluding carboxylic acids is 1. The summed E-state index contributed by atoms with van der Waals surface area (Å²) < 4.78 is 40.0. The van der Waals surface area contributed by atoms with Crippen molar-refractivity contribution in [3.8, 4) is 11.5 Å². The molecule has 0 saturated carbocycles. The van der Waals surface area contributed by atoms with Crippen LogP contribution in [0.15, 0.2) is 71.6 Å². The lowest BCUT2D eigenvalue weighted by atomic mass is 10.2. The summed E-state index contributed by atoms with van der Waals surface area (Å²) in [5, 5.41) is 0.565. The molecular formula is C29H33ClN4O5S2. The van der Waals surface area contributed by atoms with Gasteiger partial charge in [-0.1, -0.05) is 43.4 Å². The van der Waals surface area contributed by atoms with Crippen molar-refractivity contribution in [3.63, 3.8) is 0 Å². The molecule has 1 aliphatic heterocycles. The number of likely N-dealkylation sites (N-methyl/N-ethyl adjacent to an activating group) is 1. The molecule has 0 radical (unpaired) electrons. The van der Waals surface area contributed by atoms with Crippen molar-refractivity contribution in [1.82, 2.24) is 9.88 Å². The number of ether oxygens (including phenoxy) is 2. The first kappa shape index (κ1) is 30.6. The maximum atomic E-state index is 13.8. The molecule has 0 spiro atoms. The number of aromatic nitrogens is 1. The lowest BCUT2D eigenvalue weighted by molar-refractivity contribution is 0.0983. The van der Waals surface area contributed by atoms with Gasteiger partial charge in [-0.3, -0.25) is 14.0 Å². The molecule has 3 aromatic carbocycles. The van der Waals surface area contributed by atoms with Crippen LogP contribution in [0.5, 0.6) is 11.5 Å². The van der Waals surface area contributed by atoms with Crippen LogP contribution in [0.2, 0.25) is 0 Å². The van der Waals surface area contributed by atoms with Gasteiger partial charge in [-0.05, 0) is 49.5 Å². The molecule has 0 aliphatic carbocycles. The van der Waals surface area contributed by atoms with E-state index in [2.05, 4.69) is 18.7 Å². The monoisotopic (exact) mass is 616 g/mol. The molecule has 9 nitrogen and oxygen atoms in total. The zero-order chi connectivity index (χ0) is 28.3. The Morgan fingerprint density at radius 2 is 1.56 bits per heavy atom. The average Bonchev–Trinajstić information content (AvgIpc) is 3.40. The van der Waals surface area contributed by atoms with Crippen molar-refractivity contribution in [2.45, 2.75) is 18.7 Å². The molecule has 218 valence electrons. The summed E-state index contributed by atoms with van der Waals surface area (Å²) >= 11 is 1.41. The third kappa shape index (κ3) is 6.43. The first-order chi connectivity index (χ1) is 19.3. The molecule has 4 aromatic rings. The summed E-state index contributed by atoms with van der Waals surface area (Å²) in [5.74, 6) is 1.07. The number of thiazole rings is 1. The molecule has 0 N–H and O–H groups in total. The van der Waals surface area contributed by atoms with Crippen LogP contribution in [0.4, 0.5) is 10.8 Å². The number of hydrogen-bond donors (Lipinski definition) is 0. The number of carbonyl (C=O) groups is 1. The maximum Gasteiger partial charge on any atom is 0.264 e.